The molecule has 0 aliphatic rings. The Morgan fingerprint density at radius 1 is 1.18 bits per heavy atom. The van der Waals surface area contributed by atoms with Crippen LogP contribution in [0.25, 0.3) is 5.57 Å². The second-order valence-electron chi connectivity index (χ2n) is 3.60. The Bertz CT molecular complexity index is 504. The molecule has 0 unspecified atom stereocenters. The predicted molar refractivity (Wildman–Crippen MR) is 74.5 cm³/mol. The summed E-state index contributed by atoms with van der Waals surface area (Å²) in [5.74, 6) is 0. The maximum atomic E-state index is 5.63. The molecule has 3 heteroatoms. The van der Waals surface area contributed by atoms with Gasteiger partial charge < -0.3 is 5.73 Å². The average Bonchev–Trinajstić information content (AvgIpc) is 2.38. The van der Waals surface area contributed by atoms with Crippen molar-refractivity contribution in [2.75, 3.05) is 6.54 Å². The number of benzene rings is 1. The zero-order valence-electron chi connectivity index (χ0n) is 9.31. The van der Waals surface area contributed by atoms with Crippen molar-refractivity contribution >= 4 is 21.5 Å². The molecule has 2 rings (SSSR count). The van der Waals surface area contributed by atoms with Crippen molar-refractivity contribution in [2.45, 2.75) is 0 Å². The fourth-order valence-electron chi connectivity index (χ4n) is 1.67. The molecule has 0 saturated carbocycles. The monoisotopic (exact) mass is 288 g/mol. The second-order valence-corrected chi connectivity index (χ2v) is 4.52. The molecule has 0 aliphatic heterocycles. The number of hydrogen-bond acceptors (Lipinski definition) is 2. The summed E-state index contributed by atoms with van der Waals surface area (Å²) in [6.45, 7) is 0.514. The molecule has 0 atom stereocenters. The lowest BCUT2D eigenvalue weighted by molar-refractivity contribution is 1.24. The van der Waals surface area contributed by atoms with Gasteiger partial charge in [-0.15, -0.1) is 0 Å². The summed E-state index contributed by atoms with van der Waals surface area (Å²) in [6, 6.07) is 12.2. The predicted octanol–water partition coefficient (Wildman–Crippen LogP) is 3.23. The minimum absolute atomic E-state index is 0.514. The van der Waals surface area contributed by atoms with E-state index in [9.17, 15) is 0 Å². The van der Waals surface area contributed by atoms with Gasteiger partial charge in [-0.1, -0.05) is 40.2 Å². The van der Waals surface area contributed by atoms with E-state index in [1.165, 1.54) is 0 Å². The van der Waals surface area contributed by atoms with Crippen molar-refractivity contribution in [3.05, 3.63) is 70.5 Å². The number of hydrogen-bond donors (Lipinski definition) is 1. The molecule has 2 N–H and O–H groups in total. The van der Waals surface area contributed by atoms with E-state index in [1.54, 1.807) is 6.20 Å². The Balaban J connectivity index is 2.44. The summed E-state index contributed by atoms with van der Waals surface area (Å²) < 4.78 is 1.07. The van der Waals surface area contributed by atoms with Gasteiger partial charge >= 0.3 is 0 Å². The number of nitrogens with two attached hydrogens (primary N) is 1. The number of nitrogens with zero attached hydrogens (tertiary/aromatic N) is 1. The van der Waals surface area contributed by atoms with E-state index in [4.69, 9.17) is 5.73 Å². The Kier molecular flexibility index (Phi) is 4.07. The van der Waals surface area contributed by atoms with Gasteiger partial charge in [0.25, 0.3) is 0 Å². The van der Waals surface area contributed by atoms with Crippen LogP contribution in [0, 0.1) is 0 Å². The van der Waals surface area contributed by atoms with Crippen molar-refractivity contribution in [1.82, 2.24) is 4.98 Å². The van der Waals surface area contributed by atoms with E-state index in [2.05, 4.69) is 33.0 Å². The highest BCUT2D eigenvalue weighted by molar-refractivity contribution is 9.10. The van der Waals surface area contributed by atoms with E-state index in [0.717, 1.165) is 21.2 Å². The molecule has 2 aromatic rings. The zero-order valence-corrected chi connectivity index (χ0v) is 10.9. The highest BCUT2D eigenvalue weighted by atomic mass is 79.9. The standard InChI is InChI=1S/C14H13BrN2/c15-13-5-3-11(4-6-13)14(7-8-16)12-2-1-9-17-10-12/h1-7,9-10H,8,16H2. The van der Waals surface area contributed by atoms with Gasteiger partial charge in [0.1, 0.15) is 0 Å². The topological polar surface area (TPSA) is 38.9 Å². The average molecular weight is 289 g/mol. The van der Waals surface area contributed by atoms with Crippen molar-refractivity contribution < 1.29 is 0 Å². The van der Waals surface area contributed by atoms with Gasteiger partial charge in [0.2, 0.25) is 0 Å². The van der Waals surface area contributed by atoms with Gasteiger partial charge in [-0.3, -0.25) is 4.98 Å². The van der Waals surface area contributed by atoms with Crippen LogP contribution in [-0.2, 0) is 0 Å². The van der Waals surface area contributed by atoms with E-state index in [-0.39, 0.29) is 0 Å². The largest absolute Gasteiger partial charge is 0.327 e. The van der Waals surface area contributed by atoms with Crippen LogP contribution in [0.2, 0.25) is 0 Å². The molecular formula is C14H13BrN2. The third-order valence-corrected chi connectivity index (χ3v) is 2.98. The van der Waals surface area contributed by atoms with Crippen molar-refractivity contribution in [1.29, 1.82) is 0 Å². The smallest absolute Gasteiger partial charge is 0.0346 e. The zero-order chi connectivity index (χ0) is 12.1. The Morgan fingerprint density at radius 3 is 2.53 bits per heavy atom. The molecule has 1 heterocycles. The van der Waals surface area contributed by atoms with Crippen LogP contribution >= 0.6 is 15.9 Å². The summed E-state index contributed by atoms with van der Waals surface area (Å²) in [6.07, 6.45) is 5.63. The first-order chi connectivity index (χ1) is 8.31. The van der Waals surface area contributed by atoms with Gasteiger partial charge in [0.15, 0.2) is 0 Å². The summed E-state index contributed by atoms with van der Waals surface area (Å²) in [5.41, 5.74) is 8.98. The van der Waals surface area contributed by atoms with E-state index >= 15 is 0 Å². The lowest BCUT2D eigenvalue weighted by Gasteiger charge is -2.07. The molecule has 0 spiro atoms. The third-order valence-electron chi connectivity index (χ3n) is 2.45. The van der Waals surface area contributed by atoms with Crippen molar-refractivity contribution in [2.24, 2.45) is 5.73 Å². The fourth-order valence-corrected chi connectivity index (χ4v) is 1.94. The van der Waals surface area contributed by atoms with Gasteiger partial charge in [-0.05, 0) is 29.3 Å². The molecule has 86 valence electrons. The molecule has 0 saturated heterocycles. The first kappa shape index (κ1) is 12.0. The van der Waals surface area contributed by atoms with Crippen LogP contribution in [0.3, 0.4) is 0 Å². The summed E-state index contributed by atoms with van der Waals surface area (Å²) in [4.78, 5) is 4.14. The van der Waals surface area contributed by atoms with Crippen LogP contribution in [0.4, 0.5) is 0 Å². The van der Waals surface area contributed by atoms with Crippen molar-refractivity contribution in [3.63, 3.8) is 0 Å². The van der Waals surface area contributed by atoms with Crippen LogP contribution in [0.15, 0.2) is 59.3 Å². The first-order valence-corrected chi connectivity index (χ1v) is 6.17. The van der Waals surface area contributed by atoms with Crippen LogP contribution in [0.1, 0.15) is 11.1 Å². The van der Waals surface area contributed by atoms with Gasteiger partial charge in [-0.2, -0.15) is 0 Å². The van der Waals surface area contributed by atoms with Gasteiger partial charge in [0.05, 0.1) is 0 Å². The Morgan fingerprint density at radius 2 is 1.94 bits per heavy atom. The molecule has 1 aromatic heterocycles. The minimum Gasteiger partial charge on any atom is -0.327 e. The molecule has 0 aliphatic carbocycles. The van der Waals surface area contributed by atoms with Gasteiger partial charge in [-0.25, -0.2) is 0 Å². The van der Waals surface area contributed by atoms with Crippen molar-refractivity contribution in [3.8, 4) is 0 Å². The second kappa shape index (κ2) is 5.75. The highest BCUT2D eigenvalue weighted by Crippen LogP contribution is 2.23. The molecule has 0 bridgehead atoms. The lowest BCUT2D eigenvalue weighted by Crippen LogP contribution is -1.97. The highest BCUT2D eigenvalue weighted by Gasteiger charge is 2.04. The molecule has 0 fully saturated rings. The SMILES string of the molecule is NCC=C(c1ccc(Br)cc1)c1cccnc1. The fraction of sp³-hybridized carbons (Fsp3) is 0.0714. The Hall–Kier alpha value is -1.45. The Labute approximate surface area is 109 Å². The molecular weight excluding hydrogens is 276 g/mol. The third kappa shape index (κ3) is 3.02. The number of aromatic nitrogens is 1. The van der Waals surface area contributed by atoms with Gasteiger partial charge in [0, 0.05) is 29.0 Å². The summed E-state index contributed by atoms with van der Waals surface area (Å²) >= 11 is 3.43. The summed E-state index contributed by atoms with van der Waals surface area (Å²) in [5, 5.41) is 0. The summed E-state index contributed by atoms with van der Waals surface area (Å²) in [7, 11) is 0. The van der Waals surface area contributed by atoms with E-state index in [0.29, 0.717) is 6.54 Å². The quantitative estimate of drug-likeness (QED) is 0.942. The lowest BCUT2D eigenvalue weighted by atomic mass is 9.99. The van der Waals surface area contributed by atoms with Crippen LogP contribution in [0.5, 0.6) is 0 Å². The maximum absolute atomic E-state index is 5.63. The minimum atomic E-state index is 0.514. The van der Waals surface area contributed by atoms with Crippen LogP contribution in [-0.4, -0.2) is 11.5 Å². The molecule has 0 radical (unpaired) electrons. The molecule has 17 heavy (non-hydrogen) atoms. The first-order valence-electron chi connectivity index (χ1n) is 5.38. The number of rotatable bonds is 3. The molecule has 1 aromatic carbocycles. The normalized spacial score (nSPS) is 11.5. The molecule has 0 amide bonds. The van der Waals surface area contributed by atoms with Crippen LogP contribution < -0.4 is 5.73 Å². The van der Waals surface area contributed by atoms with E-state index < -0.39 is 0 Å². The maximum Gasteiger partial charge on any atom is 0.0346 e. The number of halogens is 1. The molecule has 2 nitrogen and oxygen atoms in total. The number of pyridine rings is 1. The van der Waals surface area contributed by atoms with E-state index in [1.807, 2.05) is 36.5 Å².